The largest absolute Gasteiger partial charge is 0.453 e. The van der Waals surface area contributed by atoms with Crippen LogP contribution in [0.3, 0.4) is 0 Å². The number of benzene rings is 2. The Morgan fingerprint density at radius 1 is 0.732 bits per heavy atom. The summed E-state index contributed by atoms with van der Waals surface area (Å²) >= 11 is 0. The van der Waals surface area contributed by atoms with Gasteiger partial charge in [-0.15, -0.1) is 0 Å². The molecule has 2 aromatic carbocycles. The van der Waals surface area contributed by atoms with E-state index in [4.69, 9.17) is 14.5 Å². The number of methoxy groups -OCH3 is 2. The lowest BCUT2D eigenvalue weighted by Gasteiger charge is -2.31. The van der Waals surface area contributed by atoms with Gasteiger partial charge in [0.05, 0.1) is 50.1 Å². The van der Waals surface area contributed by atoms with Gasteiger partial charge in [0.2, 0.25) is 11.8 Å². The molecule has 2 aromatic heterocycles. The van der Waals surface area contributed by atoms with E-state index in [0.29, 0.717) is 17.7 Å². The second-order valence-electron chi connectivity index (χ2n) is 16.0. The minimum Gasteiger partial charge on any atom is -0.453 e. The highest BCUT2D eigenvalue weighted by molar-refractivity contribution is 5.87. The van der Waals surface area contributed by atoms with Gasteiger partial charge in [-0.05, 0) is 65.2 Å². The van der Waals surface area contributed by atoms with E-state index in [-0.39, 0.29) is 41.8 Å². The number of alkyl carbamates (subject to hydrolysis) is 2. The molecule has 7 rings (SSSR count). The van der Waals surface area contributed by atoms with Crippen molar-refractivity contribution in [3.05, 3.63) is 72.6 Å². The SMILES string of the molecule is COC(=O)N[C@H](C(=O)NC(CC1CC1)c1ncc(-c2ccc(-c3ccc(-c4cnc(C5C[C@@H]6C[C@@H]6N5C(=O)[C@@H](NC(=O)OC)C(C)C)[nH]4)cc3)cc2)[nH]1)C(C)C. The van der Waals surface area contributed by atoms with E-state index in [0.717, 1.165) is 71.6 Å². The molecule has 2 unspecified atom stereocenters. The molecule has 3 heterocycles. The highest BCUT2D eigenvalue weighted by Crippen LogP contribution is 2.53. The van der Waals surface area contributed by atoms with Gasteiger partial charge in [-0.1, -0.05) is 89.1 Å². The number of likely N-dealkylation sites (tertiary alicyclic amines) is 1. The van der Waals surface area contributed by atoms with Crippen LogP contribution in [-0.4, -0.2) is 81.2 Å². The topological polar surface area (TPSA) is 183 Å². The molecule has 4 aromatic rings. The molecule has 296 valence electrons. The normalized spacial score (nSPS) is 20.2. The van der Waals surface area contributed by atoms with Gasteiger partial charge in [0.25, 0.3) is 0 Å². The Balaban J connectivity index is 1.01. The van der Waals surface area contributed by atoms with E-state index in [9.17, 15) is 19.2 Å². The number of carbonyl (C=O) groups is 4. The number of hydrogen-bond acceptors (Lipinski definition) is 8. The molecular weight excluding hydrogens is 713 g/mol. The lowest BCUT2D eigenvalue weighted by Crippen LogP contribution is -2.52. The first-order chi connectivity index (χ1) is 26.9. The fourth-order valence-corrected chi connectivity index (χ4v) is 7.78. The second-order valence-corrected chi connectivity index (χ2v) is 16.0. The number of fused-ring (bicyclic) bond motifs is 1. The average molecular weight is 765 g/mol. The molecule has 0 radical (unpaired) electrons. The third kappa shape index (κ3) is 8.43. The van der Waals surface area contributed by atoms with Crippen molar-refractivity contribution < 1.29 is 28.7 Å². The van der Waals surface area contributed by atoms with E-state index >= 15 is 0 Å². The summed E-state index contributed by atoms with van der Waals surface area (Å²) in [5.74, 6) is 1.81. The van der Waals surface area contributed by atoms with Crippen LogP contribution in [0.1, 0.15) is 83.5 Å². The zero-order valence-electron chi connectivity index (χ0n) is 32.8. The molecule has 1 saturated heterocycles. The van der Waals surface area contributed by atoms with E-state index in [1.165, 1.54) is 14.2 Å². The monoisotopic (exact) mass is 764 g/mol. The number of amides is 4. The number of ether oxygens (including phenoxy) is 2. The summed E-state index contributed by atoms with van der Waals surface area (Å²) in [6.45, 7) is 7.59. The van der Waals surface area contributed by atoms with E-state index in [1.54, 1.807) is 6.20 Å². The minimum atomic E-state index is -0.732. The molecule has 0 bridgehead atoms. The molecule has 3 aliphatic rings. The molecule has 2 saturated carbocycles. The van der Waals surface area contributed by atoms with Crippen LogP contribution >= 0.6 is 0 Å². The molecule has 6 atom stereocenters. The van der Waals surface area contributed by atoms with Crippen molar-refractivity contribution in [3.63, 3.8) is 0 Å². The fourth-order valence-electron chi connectivity index (χ4n) is 7.78. The number of hydrogen-bond donors (Lipinski definition) is 5. The predicted octanol–water partition coefficient (Wildman–Crippen LogP) is 6.51. The molecule has 5 N–H and O–H groups in total. The summed E-state index contributed by atoms with van der Waals surface area (Å²) in [5, 5.41) is 8.51. The van der Waals surface area contributed by atoms with Gasteiger partial charge in [0.15, 0.2) is 0 Å². The second kappa shape index (κ2) is 16.2. The number of H-pyrrole nitrogens is 2. The molecule has 1 aliphatic heterocycles. The van der Waals surface area contributed by atoms with Crippen LogP contribution in [0.5, 0.6) is 0 Å². The Hall–Kier alpha value is -5.66. The molecular formula is C42H52N8O6. The quantitative estimate of drug-likeness (QED) is 0.0962. The summed E-state index contributed by atoms with van der Waals surface area (Å²) in [6.07, 6.45) is 7.19. The Bertz CT molecular complexity index is 2040. The Morgan fingerprint density at radius 3 is 1.82 bits per heavy atom. The number of rotatable bonds is 14. The maximum atomic E-state index is 13.8. The third-order valence-corrected chi connectivity index (χ3v) is 11.3. The number of piperidine rings is 1. The van der Waals surface area contributed by atoms with Crippen molar-refractivity contribution in [3.8, 4) is 33.6 Å². The lowest BCUT2D eigenvalue weighted by atomic mass is 10.0. The number of imidazole rings is 2. The maximum Gasteiger partial charge on any atom is 0.407 e. The number of aromatic nitrogens is 4. The van der Waals surface area contributed by atoms with Crippen LogP contribution < -0.4 is 16.0 Å². The first-order valence-electron chi connectivity index (χ1n) is 19.6. The summed E-state index contributed by atoms with van der Waals surface area (Å²) in [7, 11) is 2.58. The van der Waals surface area contributed by atoms with Gasteiger partial charge in [0, 0.05) is 6.04 Å². The molecule has 4 amide bonds. The first kappa shape index (κ1) is 38.6. The van der Waals surface area contributed by atoms with Gasteiger partial charge >= 0.3 is 12.2 Å². The first-order valence-corrected chi connectivity index (χ1v) is 19.6. The van der Waals surface area contributed by atoms with Crippen molar-refractivity contribution in [2.75, 3.05) is 14.2 Å². The van der Waals surface area contributed by atoms with Crippen LogP contribution in [0.15, 0.2) is 60.9 Å². The molecule has 3 fully saturated rings. The van der Waals surface area contributed by atoms with E-state index < -0.39 is 24.3 Å². The number of aromatic amines is 2. The highest BCUT2D eigenvalue weighted by atomic mass is 16.5. The Labute approximate surface area is 326 Å². The van der Waals surface area contributed by atoms with Crippen LogP contribution in [-0.2, 0) is 19.1 Å². The third-order valence-electron chi connectivity index (χ3n) is 11.3. The summed E-state index contributed by atoms with van der Waals surface area (Å²) in [5.41, 5.74) is 5.78. The van der Waals surface area contributed by atoms with Crippen LogP contribution in [0.25, 0.3) is 33.6 Å². The van der Waals surface area contributed by atoms with Crippen molar-refractivity contribution in [1.29, 1.82) is 0 Å². The van der Waals surface area contributed by atoms with Gasteiger partial charge in [-0.2, -0.15) is 0 Å². The van der Waals surface area contributed by atoms with Crippen LogP contribution in [0, 0.1) is 23.7 Å². The molecule has 14 nitrogen and oxygen atoms in total. The smallest absolute Gasteiger partial charge is 0.407 e. The zero-order chi connectivity index (χ0) is 39.7. The zero-order valence-corrected chi connectivity index (χ0v) is 32.8. The van der Waals surface area contributed by atoms with Crippen molar-refractivity contribution >= 4 is 24.0 Å². The average Bonchev–Trinajstić information content (AvgIpc) is 3.98. The van der Waals surface area contributed by atoms with Gasteiger partial charge < -0.3 is 40.3 Å². The van der Waals surface area contributed by atoms with Gasteiger partial charge in [-0.3, -0.25) is 9.59 Å². The molecule has 2 aliphatic carbocycles. The van der Waals surface area contributed by atoms with Gasteiger partial charge in [-0.25, -0.2) is 19.6 Å². The maximum absolute atomic E-state index is 13.8. The van der Waals surface area contributed by atoms with Crippen molar-refractivity contribution in [2.45, 2.75) is 90.0 Å². The Morgan fingerprint density at radius 2 is 1.27 bits per heavy atom. The summed E-state index contributed by atoms with van der Waals surface area (Å²) < 4.78 is 9.52. The number of carbonyl (C=O) groups excluding carboxylic acids is 4. The lowest BCUT2D eigenvalue weighted by molar-refractivity contribution is -0.136. The van der Waals surface area contributed by atoms with Crippen molar-refractivity contribution in [2.24, 2.45) is 23.7 Å². The van der Waals surface area contributed by atoms with Crippen molar-refractivity contribution in [1.82, 2.24) is 40.8 Å². The molecule has 0 spiro atoms. The van der Waals surface area contributed by atoms with Gasteiger partial charge in [0.1, 0.15) is 23.7 Å². The summed E-state index contributed by atoms with van der Waals surface area (Å²) in [4.78, 5) is 69.2. The highest BCUT2D eigenvalue weighted by Gasteiger charge is 2.56. The van der Waals surface area contributed by atoms with Crippen LogP contribution in [0.4, 0.5) is 9.59 Å². The van der Waals surface area contributed by atoms with E-state index in [1.807, 2.05) is 38.8 Å². The van der Waals surface area contributed by atoms with E-state index in [2.05, 4.69) is 79.4 Å². The summed E-state index contributed by atoms with van der Waals surface area (Å²) in [6, 6.07) is 14.8. The number of nitrogens with zero attached hydrogens (tertiary/aromatic N) is 3. The van der Waals surface area contributed by atoms with Crippen LogP contribution in [0.2, 0.25) is 0 Å². The molecule has 56 heavy (non-hydrogen) atoms. The standard InChI is InChI=1S/C42H52N8O6/c1-22(2)35(48-41(53)55-5)39(51)47-30(17-24-7-8-24)37-43-20-31(45-37)27-13-9-25(10-14-27)26-11-15-28(16-12-26)32-21-44-38(46-32)34-19-29-18-33(29)50(34)40(52)36(23(3)4)49-42(54)56-6/h9-16,20-24,29-30,33-36H,7-8,17-19H2,1-6H3,(H,43,45)(H,44,46)(H,47,51)(H,48,53)(H,49,54)/t29-,30?,33-,34?,35-,36-/m0/s1. The predicted molar refractivity (Wildman–Crippen MR) is 210 cm³/mol. The number of nitrogens with one attached hydrogen (secondary N) is 5. The Kier molecular flexibility index (Phi) is 11.2. The minimum absolute atomic E-state index is 0.0985. The molecule has 14 heteroatoms. The fraction of sp³-hybridized carbons (Fsp3) is 0.476.